The fourth-order valence-corrected chi connectivity index (χ4v) is 7.52. The Morgan fingerprint density at radius 2 is 1.82 bits per heavy atom. The Morgan fingerprint density at radius 3 is 2.58 bits per heavy atom. The molecular formula is C32H49N3O5. The van der Waals surface area contributed by atoms with Gasteiger partial charge in [-0.2, -0.15) is 0 Å². The number of alkyl carbamates (subject to hydrolysis) is 1. The van der Waals surface area contributed by atoms with Gasteiger partial charge in [-0.25, -0.2) is 4.79 Å². The number of nitrogens with zero attached hydrogens (tertiary/aromatic N) is 1. The van der Waals surface area contributed by atoms with Gasteiger partial charge in [0.25, 0.3) is 0 Å². The predicted octanol–water partition coefficient (Wildman–Crippen LogP) is 4.05. The van der Waals surface area contributed by atoms with Crippen molar-refractivity contribution < 1.29 is 24.2 Å². The van der Waals surface area contributed by atoms with Gasteiger partial charge in [0.15, 0.2) is 0 Å². The molecule has 2 heterocycles. The minimum absolute atomic E-state index is 0.0306. The van der Waals surface area contributed by atoms with Gasteiger partial charge < -0.3 is 25.2 Å². The zero-order valence-corrected chi connectivity index (χ0v) is 24.5. The number of carbonyl (C=O) groups excluding carboxylic acids is 2. The Labute approximate surface area is 239 Å². The summed E-state index contributed by atoms with van der Waals surface area (Å²) in [7, 11) is 0. The predicted molar refractivity (Wildman–Crippen MR) is 154 cm³/mol. The first kappa shape index (κ1) is 29.3. The Balaban J connectivity index is 1.29. The summed E-state index contributed by atoms with van der Waals surface area (Å²) in [6.45, 7) is 7.58. The van der Waals surface area contributed by atoms with Crippen LogP contribution in [0, 0.1) is 17.8 Å². The van der Waals surface area contributed by atoms with Gasteiger partial charge in [0.1, 0.15) is 6.10 Å². The fourth-order valence-electron chi connectivity index (χ4n) is 7.52. The molecule has 0 radical (unpaired) electrons. The number of hydrogen-bond acceptors (Lipinski definition) is 6. The van der Waals surface area contributed by atoms with Crippen molar-refractivity contribution >= 4 is 12.0 Å². The lowest BCUT2D eigenvalue weighted by Crippen LogP contribution is -2.60. The Morgan fingerprint density at radius 1 is 1.07 bits per heavy atom. The summed E-state index contributed by atoms with van der Waals surface area (Å²) in [5.41, 5.74) is 0.703. The van der Waals surface area contributed by atoms with Crippen LogP contribution in [0.15, 0.2) is 30.3 Å². The first-order valence-electron chi connectivity index (χ1n) is 15.5. The van der Waals surface area contributed by atoms with E-state index in [9.17, 15) is 14.7 Å². The summed E-state index contributed by atoms with van der Waals surface area (Å²) in [5, 5.41) is 17.8. The summed E-state index contributed by atoms with van der Waals surface area (Å²) in [6, 6.07) is 9.07. The largest absolute Gasteiger partial charge is 0.443 e. The topological polar surface area (TPSA) is 100 Å². The fraction of sp³-hybridized carbons (Fsp3) is 0.750. The van der Waals surface area contributed by atoms with Crippen LogP contribution in [0.4, 0.5) is 4.79 Å². The number of amides is 2. The summed E-state index contributed by atoms with van der Waals surface area (Å²) in [4.78, 5) is 28.8. The van der Waals surface area contributed by atoms with E-state index in [0.717, 1.165) is 37.8 Å². The number of hydrogen-bond donors (Lipinski definition) is 3. The number of aliphatic hydroxyl groups excluding tert-OH is 1. The summed E-state index contributed by atoms with van der Waals surface area (Å²) >= 11 is 0. The van der Waals surface area contributed by atoms with E-state index >= 15 is 0 Å². The van der Waals surface area contributed by atoms with E-state index in [1.807, 2.05) is 51.1 Å². The number of β-amino-alcohol motifs (C(OH)–C–C–N with tert-alkyl or cyclic N) is 1. The molecule has 222 valence electrons. The smallest absolute Gasteiger partial charge is 0.407 e. The quantitative estimate of drug-likeness (QED) is 0.448. The Bertz CT molecular complexity index is 998. The van der Waals surface area contributed by atoms with Crippen molar-refractivity contribution in [3.8, 4) is 0 Å². The highest BCUT2D eigenvalue weighted by molar-refractivity contribution is 5.82. The van der Waals surface area contributed by atoms with Crippen LogP contribution in [0.1, 0.15) is 77.7 Å². The number of likely N-dealkylation sites (tertiary alicyclic amines) is 1. The van der Waals surface area contributed by atoms with Crippen molar-refractivity contribution in [1.82, 2.24) is 15.5 Å². The third-order valence-electron chi connectivity index (χ3n) is 9.51. The molecule has 0 spiro atoms. The van der Waals surface area contributed by atoms with Crippen LogP contribution in [0.5, 0.6) is 0 Å². The summed E-state index contributed by atoms with van der Waals surface area (Å²) in [5.74, 6) is 1.40. The first-order valence-corrected chi connectivity index (χ1v) is 15.5. The van der Waals surface area contributed by atoms with Crippen molar-refractivity contribution in [1.29, 1.82) is 0 Å². The molecule has 2 aliphatic carbocycles. The average molecular weight is 556 g/mol. The molecule has 4 aliphatic rings. The molecule has 0 unspecified atom stereocenters. The van der Waals surface area contributed by atoms with Gasteiger partial charge in [0.05, 0.1) is 30.9 Å². The number of carbonyl (C=O) groups is 2. The van der Waals surface area contributed by atoms with Crippen molar-refractivity contribution in [2.75, 3.05) is 19.7 Å². The highest BCUT2D eigenvalue weighted by atomic mass is 16.6. The van der Waals surface area contributed by atoms with E-state index in [-0.39, 0.29) is 35.6 Å². The van der Waals surface area contributed by atoms with Gasteiger partial charge in [0, 0.05) is 24.5 Å². The number of nitrogens with one attached hydrogen (secondary N) is 2. The molecule has 40 heavy (non-hydrogen) atoms. The van der Waals surface area contributed by atoms with Gasteiger partial charge in [0.2, 0.25) is 5.91 Å². The van der Waals surface area contributed by atoms with Crippen LogP contribution in [0.3, 0.4) is 0 Å². The molecular weight excluding hydrogens is 506 g/mol. The van der Waals surface area contributed by atoms with Crippen LogP contribution in [0.25, 0.3) is 0 Å². The van der Waals surface area contributed by atoms with Gasteiger partial charge in [-0.05, 0) is 70.3 Å². The normalized spacial score (nSPS) is 32.0. The van der Waals surface area contributed by atoms with E-state index in [1.165, 1.54) is 25.7 Å². The van der Waals surface area contributed by atoms with E-state index in [1.54, 1.807) is 0 Å². The van der Waals surface area contributed by atoms with E-state index < -0.39 is 18.2 Å². The SMILES string of the molecule is CC(C)(C)NC(=O)[C@@H]1C[C@@H]2CCCC[C@@H]2CN1C[C@@H](O)[C@H](Cc1ccccc1)NC(=O)O[C@H]1CO[C@H]2CCC[C@H]21. The third kappa shape index (κ3) is 7.37. The van der Waals surface area contributed by atoms with Crippen molar-refractivity contribution in [2.45, 2.75) is 114 Å². The first-order chi connectivity index (χ1) is 19.2. The molecule has 1 aromatic rings. The molecule has 8 heteroatoms. The van der Waals surface area contributed by atoms with E-state index in [2.05, 4.69) is 15.5 Å². The monoisotopic (exact) mass is 555 g/mol. The minimum atomic E-state index is -0.864. The average Bonchev–Trinajstić information content (AvgIpc) is 3.53. The standard InChI is InChI=1S/C32H49N3O5/c1-32(2,3)34-30(37)26-17-22-12-7-8-13-23(22)18-35(26)19-27(36)25(16-21-10-5-4-6-11-21)33-31(38)40-29-20-39-28-15-9-14-24(28)29/h4-6,10-11,22-29,36H,7-9,12-20H2,1-3H3,(H,33,38)(H,34,37)/t22-,23+,24+,25-,26-,27+,28-,29-/m0/s1. The number of rotatable bonds is 8. The second-order valence-electron chi connectivity index (χ2n) is 13.7. The molecule has 4 fully saturated rings. The molecule has 3 N–H and O–H groups in total. The van der Waals surface area contributed by atoms with Crippen molar-refractivity contribution in [2.24, 2.45) is 17.8 Å². The van der Waals surface area contributed by atoms with Gasteiger partial charge in [-0.1, -0.05) is 56.0 Å². The number of piperidine rings is 1. The molecule has 5 rings (SSSR count). The maximum atomic E-state index is 13.5. The zero-order valence-electron chi connectivity index (χ0n) is 24.5. The molecule has 8 atom stereocenters. The van der Waals surface area contributed by atoms with Crippen LogP contribution < -0.4 is 10.6 Å². The Hall–Kier alpha value is -2.16. The summed E-state index contributed by atoms with van der Waals surface area (Å²) in [6.07, 6.45) is 7.86. The van der Waals surface area contributed by atoms with Crippen molar-refractivity contribution in [3.05, 3.63) is 35.9 Å². The second-order valence-corrected chi connectivity index (χ2v) is 13.7. The maximum absolute atomic E-state index is 13.5. The van der Waals surface area contributed by atoms with E-state index in [0.29, 0.717) is 31.4 Å². The third-order valence-corrected chi connectivity index (χ3v) is 9.51. The van der Waals surface area contributed by atoms with Crippen LogP contribution in [0.2, 0.25) is 0 Å². The summed E-state index contributed by atoms with van der Waals surface area (Å²) < 4.78 is 11.7. The lowest BCUT2D eigenvalue weighted by atomic mass is 9.72. The molecule has 8 nitrogen and oxygen atoms in total. The maximum Gasteiger partial charge on any atom is 0.407 e. The second kappa shape index (κ2) is 12.8. The van der Waals surface area contributed by atoms with Gasteiger partial charge in [-0.15, -0.1) is 0 Å². The van der Waals surface area contributed by atoms with Gasteiger partial charge in [-0.3, -0.25) is 9.69 Å². The molecule has 2 saturated carbocycles. The number of benzene rings is 1. The highest BCUT2D eigenvalue weighted by Crippen LogP contribution is 2.39. The zero-order chi connectivity index (χ0) is 28.3. The molecule has 0 aromatic heterocycles. The van der Waals surface area contributed by atoms with Crippen LogP contribution in [-0.4, -0.2) is 77.6 Å². The van der Waals surface area contributed by atoms with Crippen molar-refractivity contribution in [3.63, 3.8) is 0 Å². The Kier molecular flexibility index (Phi) is 9.38. The highest BCUT2D eigenvalue weighted by Gasteiger charge is 2.44. The minimum Gasteiger partial charge on any atom is -0.443 e. The lowest BCUT2D eigenvalue weighted by molar-refractivity contribution is -0.132. The van der Waals surface area contributed by atoms with Crippen LogP contribution in [-0.2, 0) is 20.7 Å². The van der Waals surface area contributed by atoms with Gasteiger partial charge >= 0.3 is 6.09 Å². The molecule has 2 saturated heterocycles. The molecule has 0 bridgehead atoms. The molecule has 2 amide bonds. The van der Waals surface area contributed by atoms with E-state index in [4.69, 9.17) is 9.47 Å². The number of fused-ring (bicyclic) bond motifs is 2. The molecule has 1 aromatic carbocycles. The molecule has 2 aliphatic heterocycles. The lowest BCUT2D eigenvalue weighted by Gasteiger charge is -2.47. The number of ether oxygens (including phenoxy) is 2. The number of aliphatic hydroxyl groups is 1. The van der Waals surface area contributed by atoms with Crippen LogP contribution >= 0.6 is 0 Å².